The molecule has 3 heteroatoms. The first kappa shape index (κ1) is 16.7. The number of rotatable bonds is 5. The monoisotopic (exact) mass is 336 g/mol. The first-order chi connectivity index (χ1) is 11.6. The smallest absolute Gasteiger partial charge is 0.152 e. The van der Waals surface area contributed by atoms with Gasteiger partial charge in [0.05, 0.1) is 11.8 Å². The Morgan fingerprint density at radius 3 is 1.46 bits per heavy atom. The van der Waals surface area contributed by atoms with E-state index in [2.05, 4.69) is 0 Å². The Kier molecular flexibility index (Phi) is 4.99. The van der Waals surface area contributed by atoms with Crippen molar-refractivity contribution >= 4 is 17.8 Å². The first-order valence-electron chi connectivity index (χ1n) is 8.08. The van der Waals surface area contributed by atoms with Crippen LogP contribution in [0, 0.1) is 0 Å². The van der Waals surface area contributed by atoms with Gasteiger partial charge < -0.3 is 9.67 Å². The lowest BCUT2D eigenvalue weighted by atomic mass is 10.1. The molecule has 0 amide bonds. The van der Waals surface area contributed by atoms with E-state index in [9.17, 15) is 9.67 Å². The fourth-order valence-electron chi connectivity index (χ4n) is 3.21. The fourth-order valence-corrected chi connectivity index (χ4v) is 6.58. The first-order valence-corrected chi connectivity index (χ1v) is 9.85. The zero-order valence-electron chi connectivity index (χ0n) is 13.6. The second-order valence-electron chi connectivity index (χ2n) is 5.93. The van der Waals surface area contributed by atoms with Crippen LogP contribution in [0.3, 0.4) is 0 Å². The third kappa shape index (κ3) is 3.08. The minimum absolute atomic E-state index is 0.483. The lowest BCUT2D eigenvalue weighted by molar-refractivity contribution is 0.188. The van der Waals surface area contributed by atoms with Crippen molar-refractivity contribution in [3.05, 3.63) is 96.6 Å². The molecule has 0 radical (unpaired) electrons. The van der Waals surface area contributed by atoms with Gasteiger partial charge in [0.15, 0.2) is 7.14 Å². The van der Waals surface area contributed by atoms with Crippen LogP contribution >= 0.6 is 7.14 Å². The van der Waals surface area contributed by atoms with E-state index >= 15 is 0 Å². The molecule has 0 aliphatic carbocycles. The molecule has 1 N–H and O–H groups in total. The zero-order valence-corrected chi connectivity index (χ0v) is 14.5. The molecule has 3 aromatic rings. The highest BCUT2D eigenvalue weighted by Crippen LogP contribution is 2.58. The summed E-state index contributed by atoms with van der Waals surface area (Å²) in [5.41, 5.74) is 0.409. The normalized spacial score (nSPS) is 14.1. The van der Waals surface area contributed by atoms with Gasteiger partial charge in [0.1, 0.15) is 0 Å². The maximum absolute atomic E-state index is 14.4. The van der Waals surface area contributed by atoms with Gasteiger partial charge in [-0.1, -0.05) is 91.0 Å². The second kappa shape index (κ2) is 7.17. The molecule has 0 fully saturated rings. The molecular formula is C21H21O2P. The summed E-state index contributed by atoms with van der Waals surface area (Å²) in [6, 6.07) is 28.7. The van der Waals surface area contributed by atoms with E-state index < -0.39 is 18.9 Å². The Morgan fingerprint density at radius 2 is 1.08 bits per heavy atom. The van der Waals surface area contributed by atoms with Crippen molar-refractivity contribution in [2.45, 2.75) is 18.7 Å². The Bertz CT molecular complexity index is 771. The summed E-state index contributed by atoms with van der Waals surface area (Å²) in [6.07, 6.45) is -0.737. The Morgan fingerprint density at radius 1 is 0.708 bits per heavy atom. The largest absolute Gasteiger partial charge is 0.392 e. The lowest BCUT2D eigenvalue weighted by Crippen LogP contribution is -2.27. The van der Waals surface area contributed by atoms with Crippen LogP contribution in [-0.2, 0) is 4.57 Å². The quantitative estimate of drug-likeness (QED) is 0.712. The van der Waals surface area contributed by atoms with Crippen molar-refractivity contribution in [1.82, 2.24) is 0 Å². The zero-order chi connectivity index (χ0) is 17.0. The molecule has 0 heterocycles. The van der Waals surface area contributed by atoms with Crippen LogP contribution in [0.2, 0.25) is 0 Å². The second-order valence-corrected chi connectivity index (χ2v) is 8.83. The summed E-state index contributed by atoms with van der Waals surface area (Å²) >= 11 is 0. The number of aliphatic hydroxyl groups is 1. The maximum atomic E-state index is 14.4. The molecular weight excluding hydrogens is 315 g/mol. The van der Waals surface area contributed by atoms with E-state index in [1.165, 1.54) is 0 Å². The highest BCUT2D eigenvalue weighted by Gasteiger charge is 2.40. The summed E-state index contributed by atoms with van der Waals surface area (Å²) in [6.45, 7) is 1.72. The van der Waals surface area contributed by atoms with Crippen molar-refractivity contribution in [3.63, 3.8) is 0 Å². The van der Waals surface area contributed by atoms with Crippen molar-refractivity contribution in [2.24, 2.45) is 0 Å². The highest BCUT2D eigenvalue weighted by molar-refractivity contribution is 7.79. The van der Waals surface area contributed by atoms with Gasteiger partial charge in [0, 0.05) is 10.6 Å². The predicted octanol–water partition coefficient (Wildman–Crippen LogP) is 4.12. The number of aliphatic hydroxyl groups excluding tert-OH is 1. The van der Waals surface area contributed by atoms with Crippen LogP contribution in [0.25, 0.3) is 0 Å². The molecule has 122 valence electrons. The van der Waals surface area contributed by atoms with Crippen LogP contribution in [0.5, 0.6) is 0 Å². The molecule has 0 aliphatic heterocycles. The molecule has 3 rings (SSSR count). The lowest BCUT2D eigenvalue weighted by Gasteiger charge is -2.31. The van der Waals surface area contributed by atoms with Crippen LogP contribution in [-0.4, -0.2) is 11.2 Å². The van der Waals surface area contributed by atoms with Gasteiger partial charge in [-0.25, -0.2) is 0 Å². The molecule has 3 aromatic carbocycles. The minimum atomic E-state index is -3.06. The predicted molar refractivity (Wildman–Crippen MR) is 101 cm³/mol. The molecule has 0 unspecified atom stereocenters. The summed E-state index contributed by atoms with van der Waals surface area (Å²) in [5.74, 6) is 0. The summed E-state index contributed by atoms with van der Waals surface area (Å²) < 4.78 is 14.4. The summed E-state index contributed by atoms with van der Waals surface area (Å²) in [5, 5.41) is 12.1. The fraction of sp³-hybridized carbons (Fsp3) is 0.143. The van der Waals surface area contributed by atoms with Gasteiger partial charge in [-0.3, -0.25) is 0 Å². The van der Waals surface area contributed by atoms with Gasteiger partial charge in [-0.05, 0) is 12.5 Å². The van der Waals surface area contributed by atoms with Crippen LogP contribution < -0.4 is 10.6 Å². The molecule has 0 saturated carbocycles. The van der Waals surface area contributed by atoms with E-state index in [1.54, 1.807) is 6.92 Å². The van der Waals surface area contributed by atoms with E-state index in [0.29, 0.717) is 0 Å². The third-order valence-corrected chi connectivity index (χ3v) is 7.91. The molecule has 2 nitrogen and oxygen atoms in total. The minimum Gasteiger partial charge on any atom is -0.392 e. The number of benzene rings is 3. The van der Waals surface area contributed by atoms with Crippen molar-refractivity contribution in [3.8, 4) is 0 Å². The van der Waals surface area contributed by atoms with Crippen LogP contribution in [0.15, 0.2) is 91.0 Å². The molecule has 24 heavy (non-hydrogen) atoms. The summed E-state index contributed by atoms with van der Waals surface area (Å²) in [7, 11) is -3.06. The van der Waals surface area contributed by atoms with Gasteiger partial charge in [0.25, 0.3) is 0 Å². The Labute approximate surface area is 143 Å². The molecule has 2 atom stereocenters. The van der Waals surface area contributed by atoms with Crippen LogP contribution in [0.4, 0.5) is 0 Å². The molecule has 0 bridgehead atoms. The average Bonchev–Trinajstić information content (AvgIpc) is 2.64. The van der Waals surface area contributed by atoms with E-state index in [1.807, 2.05) is 91.0 Å². The summed E-state index contributed by atoms with van der Waals surface area (Å²) in [4.78, 5) is 0. The molecule has 0 saturated heterocycles. The Balaban J connectivity index is 2.26. The van der Waals surface area contributed by atoms with Gasteiger partial charge in [-0.2, -0.15) is 0 Å². The average molecular weight is 336 g/mol. The number of hydrogen-bond donors (Lipinski definition) is 1. The molecule has 0 aromatic heterocycles. The Hall–Kier alpha value is -2.15. The van der Waals surface area contributed by atoms with E-state index in [0.717, 1.165) is 16.2 Å². The maximum Gasteiger partial charge on any atom is 0.152 e. The SMILES string of the molecule is C[C@H](O)[C@@H](c1ccccc1)P(=O)(c1ccccc1)c1ccccc1. The third-order valence-electron chi connectivity index (χ3n) is 4.27. The van der Waals surface area contributed by atoms with Crippen molar-refractivity contribution in [1.29, 1.82) is 0 Å². The molecule has 0 spiro atoms. The topological polar surface area (TPSA) is 37.3 Å². The van der Waals surface area contributed by atoms with E-state index in [4.69, 9.17) is 0 Å². The van der Waals surface area contributed by atoms with E-state index in [-0.39, 0.29) is 0 Å². The van der Waals surface area contributed by atoms with Gasteiger partial charge in [0.2, 0.25) is 0 Å². The number of hydrogen-bond acceptors (Lipinski definition) is 2. The van der Waals surface area contributed by atoms with Crippen molar-refractivity contribution in [2.75, 3.05) is 0 Å². The standard InChI is InChI=1S/C21H21O2P/c1-17(22)21(18-11-5-2-6-12-18)24(23,19-13-7-3-8-14-19)20-15-9-4-10-16-20/h2-17,21-22H,1H3/t17-,21-/m0/s1. The van der Waals surface area contributed by atoms with Gasteiger partial charge >= 0.3 is 0 Å². The highest BCUT2D eigenvalue weighted by atomic mass is 31.2. The van der Waals surface area contributed by atoms with Crippen molar-refractivity contribution < 1.29 is 9.67 Å². The van der Waals surface area contributed by atoms with Crippen LogP contribution in [0.1, 0.15) is 18.1 Å². The molecule has 0 aliphatic rings. The van der Waals surface area contributed by atoms with Gasteiger partial charge in [-0.15, -0.1) is 0 Å².